The number of aryl methyl sites for hydroxylation is 5. The Morgan fingerprint density at radius 3 is 0.580 bits per heavy atom. The van der Waals surface area contributed by atoms with Crippen LogP contribution in [0.15, 0.2) is 473 Å². The zero-order chi connectivity index (χ0) is 81.3. The number of nitrogens with zero attached hydrogens (tertiary/aromatic N) is 3. The molecular formula is C116H93N3. The smallest absolute Gasteiger partial charge is 0.164 e. The summed E-state index contributed by atoms with van der Waals surface area (Å²) in [6, 6.07) is 166. The van der Waals surface area contributed by atoms with Crippen LogP contribution in [0.25, 0.3) is 156 Å². The second-order valence-corrected chi connectivity index (χ2v) is 29.8. The predicted molar refractivity (Wildman–Crippen MR) is 505 cm³/mol. The largest absolute Gasteiger partial charge is 0.213 e. The topological polar surface area (TPSA) is 38.7 Å². The van der Waals surface area contributed by atoms with Crippen molar-refractivity contribution in [1.29, 1.82) is 0 Å². The Morgan fingerprint density at radius 2 is 0.294 bits per heavy atom. The SMILES string of the molecule is Cc1cc(-c2ccccc2)cc(-c2ccc(-c3ccccc3)cc2)c1.Cc1cc(-c2ccccc2)cc(-c2ccc(-c3ccccc3)cc2)c1.Cc1cc(-c2ccccc2)cc(-c2cccc(-c3ccccc3)c2)c1.Cc1cc(-c2ccccc2)cc(-c2ccccc2)c1.Cc1nc(-c2ccccc2)nc(-c2ccccc2-c2ccccc2)n1. The Kier molecular flexibility index (Phi) is 26.2. The minimum atomic E-state index is 0.700. The Morgan fingerprint density at radius 1 is 0.118 bits per heavy atom. The van der Waals surface area contributed by atoms with Gasteiger partial charge in [0.2, 0.25) is 0 Å². The van der Waals surface area contributed by atoms with Gasteiger partial charge in [0.25, 0.3) is 0 Å². The Hall–Kier alpha value is -15.0. The van der Waals surface area contributed by atoms with Gasteiger partial charge in [-0.25, -0.2) is 15.0 Å². The van der Waals surface area contributed by atoms with Gasteiger partial charge in [0.1, 0.15) is 5.82 Å². The number of hydrogen-bond donors (Lipinski definition) is 0. The minimum Gasteiger partial charge on any atom is -0.213 e. The quantitative estimate of drug-likeness (QED) is 0.109. The molecule has 1 heterocycles. The van der Waals surface area contributed by atoms with Crippen LogP contribution in [-0.4, -0.2) is 15.0 Å². The van der Waals surface area contributed by atoms with E-state index in [2.05, 4.69) is 450 Å². The summed E-state index contributed by atoms with van der Waals surface area (Å²) in [5, 5.41) is 0. The van der Waals surface area contributed by atoms with Crippen molar-refractivity contribution in [3.63, 3.8) is 0 Å². The van der Waals surface area contributed by atoms with Gasteiger partial charge in [-0.2, -0.15) is 0 Å². The summed E-state index contributed by atoms with van der Waals surface area (Å²) in [7, 11) is 0. The molecule has 119 heavy (non-hydrogen) atoms. The fourth-order valence-corrected chi connectivity index (χ4v) is 15.0. The molecule has 0 saturated heterocycles. The van der Waals surface area contributed by atoms with E-state index < -0.39 is 0 Å². The van der Waals surface area contributed by atoms with E-state index in [9.17, 15) is 0 Å². The summed E-state index contributed by atoms with van der Waals surface area (Å²) < 4.78 is 0. The third-order valence-electron chi connectivity index (χ3n) is 20.8. The van der Waals surface area contributed by atoms with Crippen molar-refractivity contribution in [2.24, 2.45) is 0 Å². The van der Waals surface area contributed by atoms with Crippen LogP contribution in [0.2, 0.25) is 0 Å². The van der Waals surface area contributed by atoms with E-state index in [0.29, 0.717) is 17.5 Å². The third kappa shape index (κ3) is 21.3. The van der Waals surface area contributed by atoms with Crippen molar-refractivity contribution < 1.29 is 0 Å². The zero-order valence-electron chi connectivity index (χ0n) is 67.9. The summed E-state index contributed by atoms with van der Waals surface area (Å²) >= 11 is 0. The average Bonchev–Trinajstić information content (AvgIpc) is 0.813. The van der Waals surface area contributed by atoms with E-state index in [4.69, 9.17) is 4.98 Å². The normalized spacial score (nSPS) is 10.6. The van der Waals surface area contributed by atoms with Crippen LogP contribution in [0, 0.1) is 34.6 Å². The highest BCUT2D eigenvalue weighted by Crippen LogP contribution is 2.37. The number of aromatic nitrogens is 3. The fraction of sp³-hybridized carbons (Fsp3) is 0.0431. The molecule has 0 radical (unpaired) electrons. The first-order valence-electron chi connectivity index (χ1n) is 40.7. The molecule has 1 aromatic heterocycles. The zero-order valence-corrected chi connectivity index (χ0v) is 67.9. The molecule has 18 aromatic carbocycles. The van der Waals surface area contributed by atoms with Crippen LogP contribution < -0.4 is 0 Å². The van der Waals surface area contributed by atoms with E-state index in [-0.39, 0.29) is 0 Å². The van der Waals surface area contributed by atoms with Crippen LogP contribution in [0.3, 0.4) is 0 Å². The predicted octanol–water partition coefficient (Wildman–Crippen LogP) is 31.5. The molecule has 3 nitrogen and oxygen atoms in total. The molecule has 0 bridgehead atoms. The lowest BCUT2D eigenvalue weighted by molar-refractivity contribution is 0.992. The monoisotopic (exact) mass is 1530 g/mol. The molecule has 0 saturated carbocycles. The van der Waals surface area contributed by atoms with Crippen LogP contribution in [0.4, 0.5) is 0 Å². The Labute approximate surface area is 702 Å². The summed E-state index contributed by atoms with van der Waals surface area (Å²) in [6.45, 7) is 10.5. The van der Waals surface area contributed by atoms with E-state index in [0.717, 1.165) is 22.3 Å². The highest BCUT2D eigenvalue weighted by molar-refractivity contribution is 5.84. The molecule has 0 unspecified atom stereocenters. The summed E-state index contributed by atoms with van der Waals surface area (Å²) in [5.74, 6) is 2.11. The summed E-state index contributed by atoms with van der Waals surface area (Å²) in [6.07, 6.45) is 0. The van der Waals surface area contributed by atoms with Gasteiger partial charge in [-0.3, -0.25) is 0 Å². The molecule has 0 aliphatic heterocycles. The molecule has 19 aromatic rings. The lowest BCUT2D eigenvalue weighted by Gasteiger charge is -2.10. The molecular weight excluding hydrogens is 1440 g/mol. The van der Waals surface area contributed by atoms with Gasteiger partial charge in [0.15, 0.2) is 11.6 Å². The highest BCUT2D eigenvalue weighted by atomic mass is 15.0. The van der Waals surface area contributed by atoms with E-state index in [1.807, 2.05) is 67.6 Å². The van der Waals surface area contributed by atoms with Crippen LogP contribution in [-0.2, 0) is 0 Å². The molecule has 19 rings (SSSR count). The second-order valence-electron chi connectivity index (χ2n) is 29.8. The van der Waals surface area contributed by atoms with Gasteiger partial charge in [0.05, 0.1) is 0 Å². The molecule has 572 valence electrons. The second kappa shape index (κ2) is 39.3. The number of hydrogen-bond acceptors (Lipinski definition) is 3. The third-order valence-corrected chi connectivity index (χ3v) is 20.8. The van der Waals surface area contributed by atoms with Crippen molar-refractivity contribution in [3.05, 3.63) is 501 Å². The minimum absolute atomic E-state index is 0.700. The molecule has 0 N–H and O–H groups in total. The van der Waals surface area contributed by atoms with E-state index >= 15 is 0 Å². The molecule has 0 amide bonds. The van der Waals surface area contributed by atoms with Crippen molar-refractivity contribution in [2.45, 2.75) is 34.6 Å². The van der Waals surface area contributed by atoms with Gasteiger partial charge >= 0.3 is 0 Å². The van der Waals surface area contributed by atoms with E-state index in [1.165, 1.54) is 145 Å². The summed E-state index contributed by atoms with van der Waals surface area (Å²) in [5.41, 5.74) is 37.1. The molecule has 0 aliphatic carbocycles. The van der Waals surface area contributed by atoms with Gasteiger partial charge in [-0.15, -0.1) is 0 Å². The van der Waals surface area contributed by atoms with Crippen molar-refractivity contribution in [3.8, 4) is 156 Å². The maximum atomic E-state index is 4.74. The van der Waals surface area contributed by atoms with Gasteiger partial charge in [-0.1, -0.05) is 443 Å². The van der Waals surface area contributed by atoms with Crippen LogP contribution >= 0.6 is 0 Å². The average molecular weight is 1530 g/mol. The summed E-state index contributed by atoms with van der Waals surface area (Å²) in [4.78, 5) is 13.8. The molecule has 0 spiro atoms. The highest BCUT2D eigenvalue weighted by Gasteiger charge is 2.15. The lowest BCUT2D eigenvalue weighted by atomic mass is 9.94. The van der Waals surface area contributed by atoms with Crippen LogP contribution in [0.1, 0.15) is 28.1 Å². The molecule has 0 atom stereocenters. The number of rotatable bonds is 14. The maximum Gasteiger partial charge on any atom is 0.164 e. The van der Waals surface area contributed by atoms with Crippen molar-refractivity contribution in [1.82, 2.24) is 15.0 Å². The van der Waals surface area contributed by atoms with Gasteiger partial charge in [-0.05, 0) is 221 Å². The lowest BCUT2D eigenvalue weighted by Crippen LogP contribution is -2.00. The van der Waals surface area contributed by atoms with E-state index in [1.54, 1.807) is 0 Å². The van der Waals surface area contributed by atoms with Gasteiger partial charge < -0.3 is 0 Å². The van der Waals surface area contributed by atoms with Gasteiger partial charge in [0, 0.05) is 11.1 Å². The molecule has 0 fully saturated rings. The first-order valence-corrected chi connectivity index (χ1v) is 40.7. The van der Waals surface area contributed by atoms with Crippen molar-refractivity contribution in [2.75, 3.05) is 0 Å². The fourth-order valence-electron chi connectivity index (χ4n) is 15.0. The first-order chi connectivity index (χ1) is 58.5. The Bertz CT molecular complexity index is 6200. The van der Waals surface area contributed by atoms with Crippen molar-refractivity contribution >= 4 is 0 Å². The maximum absolute atomic E-state index is 4.74. The molecule has 3 heteroatoms. The first kappa shape index (κ1) is 79.2. The molecule has 0 aliphatic rings. The standard InChI is InChI=1S/3C25H20.C22H17N3.C19H16/c1-19-15-24(21-11-6-3-7-12-21)18-25(16-19)23-14-8-13-22(17-23)20-9-4-2-5-10-20;2*1-19-16-24(21-10-6-3-7-11-21)18-25(17-19)23-14-12-22(13-15-23)20-8-4-2-5-9-20;1-16-23-21(18-12-6-3-7-13-18)25-22(24-16)20-15-9-8-14-19(20)17-10-4-2-5-11-17;1-15-12-18(16-8-4-2-5-9-16)14-19(13-15)17-10-6-3-7-11-17/h3*2-18H,1H3;2-15H,1H3;2-14H,1H3. The van der Waals surface area contributed by atoms with Crippen LogP contribution in [0.5, 0.6) is 0 Å². The number of benzene rings is 18. The Balaban J connectivity index is 0.000000116.